The Morgan fingerprint density at radius 2 is 1.89 bits per heavy atom. The fraction of sp³-hybridized carbons (Fsp3) is 0.520. The molecule has 0 spiro atoms. The Morgan fingerprint density at radius 3 is 2.54 bits per heavy atom. The van der Waals surface area contributed by atoms with Crippen LogP contribution in [0.2, 0.25) is 0 Å². The second-order valence-electron chi connectivity index (χ2n) is 9.97. The van der Waals surface area contributed by atoms with Gasteiger partial charge in [0, 0.05) is 26.2 Å². The second-order valence-corrected chi connectivity index (χ2v) is 9.97. The third kappa shape index (κ3) is 4.54. The molecule has 2 aliphatic heterocycles. The molecule has 9 nitrogen and oxygen atoms in total. The Hall–Kier alpha value is -3.27. The van der Waals surface area contributed by atoms with Gasteiger partial charge in [0.2, 0.25) is 11.7 Å². The van der Waals surface area contributed by atoms with Crippen molar-refractivity contribution < 1.29 is 19.1 Å². The van der Waals surface area contributed by atoms with Crippen LogP contribution in [0.3, 0.4) is 0 Å². The summed E-state index contributed by atoms with van der Waals surface area (Å²) in [4.78, 5) is 45.1. The van der Waals surface area contributed by atoms with Gasteiger partial charge in [-0.2, -0.15) is 0 Å². The number of aromatic nitrogens is 2. The Morgan fingerprint density at radius 1 is 1.20 bits per heavy atom. The molecule has 2 aromatic rings. The van der Waals surface area contributed by atoms with E-state index in [0.29, 0.717) is 36.8 Å². The molecule has 4 aliphatic rings. The number of carbonyl (C=O) groups excluding carboxylic acids is 2. The monoisotopic (exact) mass is 483 g/mol. The van der Waals surface area contributed by atoms with Crippen LogP contribution in [-0.2, 0) is 23.4 Å². The molecule has 6 rings (SSSR count). The summed E-state index contributed by atoms with van der Waals surface area (Å²) in [6.45, 7) is 0.623. The van der Waals surface area contributed by atoms with Crippen LogP contribution in [0.5, 0.6) is 5.75 Å². The van der Waals surface area contributed by atoms with Crippen LogP contribution in [0.1, 0.15) is 60.4 Å². The van der Waals surface area contributed by atoms with E-state index in [4.69, 9.17) is 0 Å². The van der Waals surface area contributed by atoms with Crippen molar-refractivity contribution in [3.05, 3.63) is 57.5 Å². The van der Waals surface area contributed by atoms with E-state index in [0.717, 1.165) is 25.7 Å². The lowest BCUT2D eigenvalue weighted by atomic mass is 9.77. The van der Waals surface area contributed by atoms with E-state index in [-0.39, 0.29) is 36.4 Å². The predicted octanol–water partition coefficient (Wildman–Crippen LogP) is 1.63. The van der Waals surface area contributed by atoms with Gasteiger partial charge in [0.1, 0.15) is 11.6 Å². The zero-order valence-corrected chi connectivity index (χ0v) is 19.7. The van der Waals surface area contributed by atoms with Crippen LogP contribution in [0.25, 0.3) is 0 Å². The van der Waals surface area contributed by atoms with E-state index >= 15 is 0 Å². The number of nitrogens with zero attached hydrogens (tertiary/aromatic N) is 3. The van der Waals surface area contributed by atoms with Crippen molar-refractivity contribution in [2.45, 2.75) is 63.2 Å². The number of aromatic hydroxyl groups is 1. The maximum absolute atomic E-state index is 13.2. The molecule has 0 atom stereocenters. The van der Waals surface area contributed by atoms with Crippen LogP contribution in [0.4, 0.5) is 4.39 Å². The van der Waals surface area contributed by atoms with Crippen molar-refractivity contribution in [2.24, 2.45) is 5.92 Å². The van der Waals surface area contributed by atoms with Crippen molar-refractivity contribution >= 4 is 11.8 Å². The standard InChI is InChI=1S/C25H30FN5O4/c1-30(18-6-7-18)19(32)13-28-25-10-8-16(9-11-25)14-31-23(35)21(33)20(29-24(25)31)22(34)27-12-15-2-4-17(26)5-3-15/h2-5,16,18,28,33H,6-14H2,1H3,(H,27,34). The van der Waals surface area contributed by atoms with Gasteiger partial charge in [0.15, 0.2) is 5.69 Å². The number of rotatable bonds is 7. The fourth-order valence-corrected chi connectivity index (χ4v) is 5.23. The fourth-order valence-electron chi connectivity index (χ4n) is 5.23. The van der Waals surface area contributed by atoms with Gasteiger partial charge in [-0.15, -0.1) is 0 Å². The smallest absolute Gasteiger partial charge is 0.296 e. The zero-order chi connectivity index (χ0) is 24.7. The average Bonchev–Trinajstić information content (AvgIpc) is 3.72. The second kappa shape index (κ2) is 9.07. The Kier molecular flexibility index (Phi) is 6.08. The molecule has 2 amide bonds. The largest absolute Gasteiger partial charge is 0.501 e. The van der Waals surface area contributed by atoms with Gasteiger partial charge in [-0.25, -0.2) is 9.37 Å². The first kappa shape index (κ1) is 23.5. The molecule has 0 radical (unpaired) electrons. The highest BCUT2D eigenvalue weighted by Crippen LogP contribution is 2.43. The molecule has 1 aromatic carbocycles. The van der Waals surface area contributed by atoms with Crippen molar-refractivity contribution in [2.75, 3.05) is 13.6 Å². The Balaban J connectivity index is 1.43. The summed E-state index contributed by atoms with van der Waals surface area (Å²) in [5.74, 6) is -1.11. The molecule has 1 aromatic heterocycles. The molecule has 0 unspecified atom stereocenters. The first-order valence-corrected chi connectivity index (χ1v) is 12.1. The molecule has 35 heavy (non-hydrogen) atoms. The number of fused-ring (bicyclic) bond motifs is 2. The minimum Gasteiger partial charge on any atom is -0.501 e. The normalized spacial score (nSPS) is 22.9. The predicted molar refractivity (Wildman–Crippen MR) is 125 cm³/mol. The molecular weight excluding hydrogens is 453 g/mol. The molecule has 2 saturated carbocycles. The number of benzene rings is 1. The van der Waals surface area contributed by atoms with Gasteiger partial charge >= 0.3 is 0 Å². The quantitative estimate of drug-likeness (QED) is 0.551. The third-order valence-electron chi connectivity index (χ3n) is 7.62. The van der Waals surface area contributed by atoms with Gasteiger partial charge in [0.05, 0.1) is 12.1 Å². The average molecular weight is 484 g/mol. The van der Waals surface area contributed by atoms with Gasteiger partial charge in [0.25, 0.3) is 11.5 Å². The van der Waals surface area contributed by atoms with Crippen LogP contribution in [0.15, 0.2) is 29.1 Å². The van der Waals surface area contributed by atoms with Crippen LogP contribution < -0.4 is 16.2 Å². The molecule has 2 fully saturated rings. The van der Waals surface area contributed by atoms with E-state index in [2.05, 4.69) is 15.6 Å². The number of likely N-dealkylation sites (N-methyl/N-ethyl adjacent to an activating group) is 1. The van der Waals surface area contributed by atoms with Gasteiger partial charge in [-0.05, 0) is 62.1 Å². The molecular formula is C25H30FN5O4. The van der Waals surface area contributed by atoms with E-state index in [1.54, 1.807) is 17.0 Å². The highest BCUT2D eigenvalue weighted by atomic mass is 19.1. The first-order valence-electron chi connectivity index (χ1n) is 12.1. The van der Waals surface area contributed by atoms with Gasteiger partial charge in [-0.3, -0.25) is 24.3 Å². The van der Waals surface area contributed by atoms with Gasteiger partial charge in [-0.1, -0.05) is 12.1 Å². The maximum Gasteiger partial charge on any atom is 0.296 e. The topological polar surface area (TPSA) is 117 Å². The number of nitrogens with one attached hydrogen (secondary N) is 2. The third-order valence-corrected chi connectivity index (χ3v) is 7.62. The lowest BCUT2D eigenvalue weighted by Gasteiger charge is -2.37. The van der Waals surface area contributed by atoms with Crippen LogP contribution in [0, 0.1) is 11.7 Å². The van der Waals surface area contributed by atoms with Crippen LogP contribution >= 0.6 is 0 Å². The minimum absolute atomic E-state index is 0.0156. The molecule has 0 saturated heterocycles. The Labute approximate surface area is 202 Å². The number of hydrogen-bond donors (Lipinski definition) is 3. The summed E-state index contributed by atoms with van der Waals surface area (Å²) < 4.78 is 14.6. The highest BCUT2D eigenvalue weighted by Gasteiger charge is 2.45. The van der Waals surface area contributed by atoms with Crippen molar-refractivity contribution in [3.63, 3.8) is 0 Å². The minimum atomic E-state index is -0.730. The van der Waals surface area contributed by atoms with Crippen molar-refractivity contribution in [1.29, 1.82) is 0 Å². The van der Waals surface area contributed by atoms with Crippen molar-refractivity contribution in [3.8, 4) is 5.75 Å². The van der Waals surface area contributed by atoms with E-state index in [1.807, 2.05) is 7.05 Å². The number of carbonyl (C=O) groups is 2. The zero-order valence-electron chi connectivity index (χ0n) is 19.7. The molecule has 2 bridgehead atoms. The molecule has 186 valence electrons. The van der Waals surface area contributed by atoms with E-state index < -0.39 is 22.8 Å². The van der Waals surface area contributed by atoms with Crippen molar-refractivity contribution in [1.82, 2.24) is 25.1 Å². The lowest BCUT2D eigenvalue weighted by Crippen LogP contribution is -2.51. The summed E-state index contributed by atoms with van der Waals surface area (Å²) in [5.41, 5.74) is -1.05. The number of halogens is 1. The maximum atomic E-state index is 13.2. The Bertz CT molecular complexity index is 1200. The van der Waals surface area contributed by atoms with E-state index in [1.165, 1.54) is 16.7 Å². The van der Waals surface area contributed by atoms with Gasteiger partial charge < -0.3 is 15.3 Å². The molecule has 10 heteroatoms. The summed E-state index contributed by atoms with van der Waals surface area (Å²) in [7, 11) is 1.81. The van der Waals surface area contributed by atoms with Crippen LogP contribution in [-0.4, -0.2) is 51.0 Å². The molecule has 2 aliphatic carbocycles. The summed E-state index contributed by atoms with van der Waals surface area (Å²) in [5, 5.41) is 16.6. The molecule has 3 heterocycles. The summed E-state index contributed by atoms with van der Waals surface area (Å²) in [6, 6.07) is 5.97. The summed E-state index contributed by atoms with van der Waals surface area (Å²) in [6.07, 6.45) is 5.12. The lowest BCUT2D eigenvalue weighted by molar-refractivity contribution is -0.130. The number of hydrogen-bond acceptors (Lipinski definition) is 6. The van der Waals surface area contributed by atoms with E-state index in [9.17, 15) is 23.9 Å². The molecule has 3 N–H and O–H groups in total. The highest BCUT2D eigenvalue weighted by molar-refractivity contribution is 5.94. The summed E-state index contributed by atoms with van der Waals surface area (Å²) >= 11 is 0. The number of amides is 2. The SMILES string of the molecule is CN(C(=O)CNC12CCC(CC1)Cn1c2nc(C(=O)NCc2ccc(F)cc2)c(O)c1=O)C1CC1. The first-order chi connectivity index (χ1) is 16.8.